The van der Waals surface area contributed by atoms with Crippen molar-refractivity contribution in [1.29, 1.82) is 0 Å². The van der Waals surface area contributed by atoms with Crippen LogP contribution in [-0.2, 0) is 9.59 Å². The molecule has 2 heterocycles. The molecule has 6 rings (SSSR count). The Morgan fingerprint density at radius 1 is 0.794 bits per heavy atom. The van der Waals surface area contributed by atoms with Gasteiger partial charge in [0.25, 0.3) is 0 Å². The highest BCUT2D eigenvalue weighted by molar-refractivity contribution is 5.91. The van der Waals surface area contributed by atoms with Crippen molar-refractivity contribution in [2.45, 2.75) is 49.8 Å². The number of hydrogen-bond acceptors (Lipinski definition) is 3. The van der Waals surface area contributed by atoms with Gasteiger partial charge in [0.1, 0.15) is 17.9 Å². The van der Waals surface area contributed by atoms with E-state index in [4.69, 9.17) is 4.74 Å². The molecule has 1 saturated carbocycles. The molecule has 3 aromatic carbocycles. The Hall–Kier alpha value is -3.60. The van der Waals surface area contributed by atoms with E-state index in [1.54, 1.807) is 4.90 Å². The van der Waals surface area contributed by atoms with Crippen molar-refractivity contribution in [1.82, 2.24) is 4.90 Å². The monoisotopic (exact) mass is 455 g/mol. The second kappa shape index (κ2) is 9.72. The number of amides is 1. The summed E-state index contributed by atoms with van der Waals surface area (Å²) in [5, 5.41) is 10.2. The summed E-state index contributed by atoms with van der Waals surface area (Å²) in [6.07, 6.45) is 2.60. The van der Waals surface area contributed by atoms with Crippen LogP contribution < -0.4 is 4.74 Å². The average molecular weight is 456 g/mol. The highest BCUT2D eigenvalue weighted by Gasteiger charge is 2.48. The van der Waals surface area contributed by atoms with Gasteiger partial charge in [-0.25, -0.2) is 4.79 Å². The molecule has 4 atom stereocenters. The number of aliphatic carboxylic acids is 1. The molecule has 174 valence electrons. The first-order chi connectivity index (χ1) is 16.6. The topological polar surface area (TPSA) is 66.8 Å². The average Bonchev–Trinajstić information content (AvgIpc) is 3.15. The van der Waals surface area contributed by atoms with Crippen LogP contribution in [0.1, 0.15) is 42.7 Å². The van der Waals surface area contributed by atoms with Crippen LogP contribution in [0.3, 0.4) is 0 Å². The minimum absolute atomic E-state index is 0.0993. The third-order valence-corrected chi connectivity index (χ3v) is 7.24. The number of rotatable bonds is 6. The standard InChI is InChI=1S/C29H29NO4/c31-28(27(20-10-4-1-5-11-20)21-12-6-2-7-13-21)30-23-17-16-22(18-25(30)29(32)33)26(19-23)34-24-14-8-3-9-15-24/h1-15,22-23,25-27H,16-19H2,(H,32,33)/t22-,23-,25+,26?/m1/s1. The number of benzene rings is 3. The van der Waals surface area contributed by atoms with Crippen LogP contribution in [0.15, 0.2) is 91.0 Å². The minimum Gasteiger partial charge on any atom is -0.490 e. The maximum absolute atomic E-state index is 14.2. The summed E-state index contributed by atoms with van der Waals surface area (Å²) >= 11 is 0. The molecule has 3 aliphatic rings. The van der Waals surface area contributed by atoms with Crippen LogP contribution >= 0.6 is 0 Å². The van der Waals surface area contributed by atoms with Gasteiger partial charge in [-0.1, -0.05) is 78.9 Å². The van der Waals surface area contributed by atoms with E-state index in [0.717, 1.165) is 29.7 Å². The molecule has 34 heavy (non-hydrogen) atoms. The van der Waals surface area contributed by atoms with E-state index in [1.165, 1.54) is 0 Å². The number of fused-ring (bicyclic) bond motifs is 4. The first-order valence-corrected chi connectivity index (χ1v) is 12.0. The fraction of sp³-hybridized carbons (Fsp3) is 0.310. The number of carbonyl (C=O) groups excluding carboxylic acids is 1. The van der Waals surface area contributed by atoms with E-state index in [-0.39, 0.29) is 24.0 Å². The quantitative estimate of drug-likeness (QED) is 0.560. The number of carbonyl (C=O) groups is 2. The molecule has 1 aliphatic carbocycles. The van der Waals surface area contributed by atoms with Gasteiger partial charge in [0, 0.05) is 12.5 Å². The van der Waals surface area contributed by atoms with Gasteiger partial charge in [0.2, 0.25) is 5.91 Å². The molecule has 1 N–H and O–H groups in total. The molecule has 3 fully saturated rings. The lowest BCUT2D eigenvalue weighted by atomic mass is 9.83. The lowest BCUT2D eigenvalue weighted by molar-refractivity contribution is -0.152. The molecule has 0 aromatic heterocycles. The van der Waals surface area contributed by atoms with Crippen LogP contribution in [-0.4, -0.2) is 40.1 Å². The summed E-state index contributed by atoms with van der Waals surface area (Å²) in [7, 11) is 0. The van der Waals surface area contributed by atoms with Crippen molar-refractivity contribution in [3.05, 3.63) is 102 Å². The van der Waals surface area contributed by atoms with Gasteiger partial charge in [0.05, 0.1) is 5.92 Å². The van der Waals surface area contributed by atoms with Crippen LogP contribution in [0.5, 0.6) is 5.75 Å². The van der Waals surface area contributed by atoms with Crippen LogP contribution in [0.4, 0.5) is 0 Å². The first kappa shape index (κ1) is 22.2. The van der Waals surface area contributed by atoms with E-state index in [9.17, 15) is 14.7 Å². The Labute approximate surface area is 200 Å². The third kappa shape index (κ3) is 4.43. The van der Waals surface area contributed by atoms with Gasteiger partial charge >= 0.3 is 5.97 Å². The van der Waals surface area contributed by atoms with E-state index in [2.05, 4.69) is 0 Å². The highest BCUT2D eigenvalue weighted by Crippen LogP contribution is 2.41. The Kier molecular flexibility index (Phi) is 6.35. The van der Waals surface area contributed by atoms with Gasteiger partial charge in [-0.05, 0) is 48.4 Å². The summed E-state index contributed by atoms with van der Waals surface area (Å²) in [4.78, 5) is 28.4. The second-order valence-corrected chi connectivity index (χ2v) is 9.29. The Morgan fingerprint density at radius 3 is 1.91 bits per heavy atom. The Balaban J connectivity index is 1.50. The zero-order valence-corrected chi connectivity index (χ0v) is 19.0. The summed E-state index contributed by atoms with van der Waals surface area (Å²) in [5.74, 6) is -0.741. The zero-order valence-electron chi connectivity index (χ0n) is 19.0. The molecule has 5 nitrogen and oxygen atoms in total. The fourth-order valence-electron chi connectivity index (χ4n) is 5.64. The third-order valence-electron chi connectivity index (χ3n) is 7.24. The number of carboxylic acid groups (broad SMARTS) is 1. The number of hydrogen-bond donors (Lipinski definition) is 1. The van der Waals surface area contributed by atoms with Gasteiger partial charge in [0.15, 0.2) is 0 Å². The summed E-state index contributed by atoms with van der Waals surface area (Å²) < 4.78 is 6.32. The molecule has 1 amide bonds. The SMILES string of the molecule is O=C(O)[C@@H]1C[C@H]2CC[C@H](CC2Oc2ccccc2)N1C(=O)C(c1ccccc1)c1ccccc1. The van der Waals surface area contributed by atoms with Gasteiger partial charge in [-0.3, -0.25) is 4.79 Å². The van der Waals surface area contributed by atoms with E-state index < -0.39 is 17.9 Å². The molecule has 2 bridgehead atoms. The normalized spacial score (nSPS) is 24.0. The van der Waals surface area contributed by atoms with Crippen molar-refractivity contribution >= 4 is 11.9 Å². The van der Waals surface area contributed by atoms with Crippen molar-refractivity contribution in [3.8, 4) is 5.75 Å². The maximum atomic E-state index is 14.2. The number of ether oxygens (including phenoxy) is 1. The Bertz CT molecular complexity index is 1080. The fourth-order valence-corrected chi connectivity index (χ4v) is 5.64. The number of carboxylic acids is 1. The predicted molar refractivity (Wildman–Crippen MR) is 130 cm³/mol. The van der Waals surface area contributed by atoms with E-state index in [1.807, 2.05) is 91.0 Å². The summed E-state index contributed by atoms with van der Waals surface area (Å²) in [6.45, 7) is 0. The smallest absolute Gasteiger partial charge is 0.326 e. The molecule has 3 aromatic rings. The molecule has 0 spiro atoms. The number of nitrogens with zero attached hydrogens (tertiary/aromatic N) is 1. The van der Waals surface area contributed by atoms with Gasteiger partial charge in [-0.2, -0.15) is 0 Å². The van der Waals surface area contributed by atoms with Crippen molar-refractivity contribution < 1.29 is 19.4 Å². The predicted octanol–water partition coefficient (Wildman–Crippen LogP) is 5.12. The van der Waals surface area contributed by atoms with E-state index in [0.29, 0.717) is 12.8 Å². The lowest BCUT2D eigenvalue weighted by Crippen LogP contribution is -2.51. The second-order valence-electron chi connectivity index (χ2n) is 9.29. The van der Waals surface area contributed by atoms with Crippen LogP contribution in [0.25, 0.3) is 0 Å². The molecular formula is C29H29NO4. The van der Waals surface area contributed by atoms with Crippen molar-refractivity contribution in [3.63, 3.8) is 0 Å². The zero-order chi connectivity index (χ0) is 23.5. The van der Waals surface area contributed by atoms with E-state index >= 15 is 0 Å². The molecule has 2 aliphatic heterocycles. The van der Waals surface area contributed by atoms with Gasteiger partial charge < -0.3 is 14.7 Å². The summed E-state index contributed by atoms with van der Waals surface area (Å²) in [6, 6.07) is 28.0. The lowest BCUT2D eigenvalue weighted by Gasteiger charge is -2.38. The maximum Gasteiger partial charge on any atom is 0.326 e. The largest absolute Gasteiger partial charge is 0.490 e. The molecular weight excluding hydrogens is 426 g/mol. The molecule has 2 saturated heterocycles. The van der Waals surface area contributed by atoms with Gasteiger partial charge in [-0.15, -0.1) is 0 Å². The number of para-hydroxylation sites is 1. The Morgan fingerprint density at radius 2 is 1.35 bits per heavy atom. The molecule has 5 heteroatoms. The molecule has 1 unspecified atom stereocenters. The van der Waals surface area contributed by atoms with Crippen LogP contribution in [0.2, 0.25) is 0 Å². The van der Waals surface area contributed by atoms with Crippen LogP contribution in [0, 0.1) is 5.92 Å². The summed E-state index contributed by atoms with van der Waals surface area (Å²) in [5.41, 5.74) is 1.75. The minimum atomic E-state index is -0.939. The first-order valence-electron chi connectivity index (χ1n) is 12.0. The van der Waals surface area contributed by atoms with Crippen molar-refractivity contribution in [2.24, 2.45) is 5.92 Å². The highest BCUT2D eigenvalue weighted by atomic mass is 16.5. The molecule has 0 radical (unpaired) electrons. The van der Waals surface area contributed by atoms with Crippen molar-refractivity contribution in [2.75, 3.05) is 0 Å².